The molecule has 0 saturated heterocycles. The highest BCUT2D eigenvalue weighted by Gasteiger charge is 2.29. The van der Waals surface area contributed by atoms with Crippen molar-refractivity contribution in [1.82, 2.24) is 10.3 Å². The fourth-order valence-corrected chi connectivity index (χ4v) is 2.51. The van der Waals surface area contributed by atoms with Gasteiger partial charge in [0.05, 0.1) is 5.01 Å². The molecule has 1 aliphatic carbocycles. The van der Waals surface area contributed by atoms with Crippen molar-refractivity contribution in [1.29, 1.82) is 0 Å². The molecule has 1 saturated carbocycles. The summed E-state index contributed by atoms with van der Waals surface area (Å²) in [5.74, 6) is 0.918. The first kappa shape index (κ1) is 12.5. The number of nitrogens with one attached hydrogen (secondary N) is 1. The van der Waals surface area contributed by atoms with Crippen molar-refractivity contribution in [2.45, 2.75) is 38.1 Å². The van der Waals surface area contributed by atoms with Gasteiger partial charge in [0.2, 0.25) is 5.91 Å². The van der Waals surface area contributed by atoms with Gasteiger partial charge >= 0.3 is 0 Å². The lowest BCUT2D eigenvalue weighted by Crippen LogP contribution is -2.34. The molecule has 3 N–H and O–H groups in total. The molecule has 1 aromatic heterocycles. The Balaban J connectivity index is 1.68. The van der Waals surface area contributed by atoms with E-state index in [0.29, 0.717) is 18.9 Å². The van der Waals surface area contributed by atoms with Gasteiger partial charge in [-0.15, -0.1) is 11.3 Å². The molecule has 2 unspecified atom stereocenters. The lowest BCUT2D eigenvalue weighted by atomic mass is 10.1. The van der Waals surface area contributed by atoms with E-state index in [1.165, 1.54) is 12.8 Å². The van der Waals surface area contributed by atoms with E-state index in [2.05, 4.69) is 17.2 Å². The maximum absolute atomic E-state index is 11.7. The summed E-state index contributed by atoms with van der Waals surface area (Å²) < 4.78 is 0. The van der Waals surface area contributed by atoms with E-state index in [4.69, 9.17) is 5.73 Å². The second-order valence-corrected chi connectivity index (χ2v) is 5.71. The molecule has 94 valence electrons. The summed E-state index contributed by atoms with van der Waals surface area (Å²) in [4.78, 5) is 15.9. The number of amides is 1. The Labute approximate surface area is 106 Å². The molecule has 0 spiro atoms. The first-order chi connectivity index (χ1) is 8.16. The monoisotopic (exact) mass is 253 g/mol. The van der Waals surface area contributed by atoms with Gasteiger partial charge in [-0.25, -0.2) is 4.98 Å². The zero-order valence-corrected chi connectivity index (χ0v) is 10.9. The Morgan fingerprint density at radius 3 is 3.06 bits per heavy atom. The van der Waals surface area contributed by atoms with Gasteiger partial charge in [-0.3, -0.25) is 4.79 Å². The minimum atomic E-state index is 0.0465. The largest absolute Gasteiger partial charge is 0.355 e. The minimum Gasteiger partial charge on any atom is -0.355 e. The van der Waals surface area contributed by atoms with Crippen LogP contribution < -0.4 is 11.1 Å². The van der Waals surface area contributed by atoms with Crippen molar-refractivity contribution in [2.75, 3.05) is 6.54 Å². The highest BCUT2D eigenvalue weighted by molar-refractivity contribution is 7.09. The predicted molar refractivity (Wildman–Crippen MR) is 68.9 cm³/mol. The number of nitrogens with zero attached hydrogens (tertiary/aromatic N) is 1. The molecule has 5 heteroatoms. The molecular weight excluding hydrogens is 234 g/mol. The second kappa shape index (κ2) is 5.60. The third-order valence-electron chi connectivity index (χ3n) is 3.13. The first-order valence-electron chi connectivity index (χ1n) is 6.08. The van der Waals surface area contributed by atoms with Gasteiger partial charge in [0.15, 0.2) is 0 Å². The fourth-order valence-electron chi connectivity index (χ4n) is 1.81. The number of hydrogen-bond donors (Lipinski definition) is 2. The maximum Gasteiger partial charge on any atom is 0.221 e. The van der Waals surface area contributed by atoms with Crippen molar-refractivity contribution in [3.05, 3.63) is 16.6 Å². The number of carbonyl (C=O) groups excluding carboxylic acids is 1. The Morgan fingerprint density at radius 2 is 2.47 bits per heavy atom. The molecule has 1 amide bonds. The van der Waals surface area contributed by atoms with Crippen LogP contribution >= 0.6 is 11.3 Å². The molecule has 0 radical (unpaired) electrons. The van der Waals surface area contributed by atoms with Gasteiger partial charge in [0, 0.05) is 36.5 Å². The summed E-state index contributed by atoms with van der Waals surface area (Å²) in [7, 11) is 0. The van der Waals surface area contributed by atoms with Gasteiger partial charge in [0.25, 0.3) is 0 Å². The van der Waals surface area contributed by atoms with Crippen LogP contribution in [0.3, 0.4) is 0 Å². The molecule has 0 aromatic carbocycles. The number of carbonyl (C=O) groups is 1. The van der Waals surface area contributed by atoms with Crippen molar-refractivity contribution < 1.29 is 4.79 Å². The van der Waals surface area contributed by atoms with Crippen LogP contribution in [0.1, 0.15) is 37.1 Å². The summed E-state index contributed by atoms with van der Waals surface area (Å²) in [6, 6.07) is 0.0465. The Kier molecular flexibility index (Phi) is 4.12. The molecular formula is C12H19N3OS. The average molecular weight is 253 g/mol. The molecule has 1 heterocycles. The quantitative estimate of drug-likeness (QED) is 0.807. The van der Waals surface area contributed by atoms with E-state index in [-0.39, 0.29) is 17.9 Å². The predicted octanol–water partition coefficient (Wildman–Crippen LogP) is 1.49. The Morgan fingerprint density at radius 1 is 1.71 bits per heavy atom. The summed E-state index contributed by atoms with van der Waals surface area (Å²) in [5.41, 5.74) is 5.91. The molecule has 1 fully saturated rings. The van der Waals surface area contributed by atoms with Crippen LogP contribution in [-0.2, 0) is 4.79 Å². The summed E-state index contributed by atoms with van der Waals surface area (Å²) in [6.45, 7) is 2.71. The van der Waals surface area contributed by atoms with E-state index in [1.807, 2.05) is 5.38 Å². The molecule has 2 rings (SSSR count). The van der Waals surface area contributed by atoms with Crippen LogP contribution in [0.15, 0.2) is 11.6 Å². The highest BCUT2D eigenvalue weighted by atomic mass is 32.1. The molecule has 0 aliphatic heterocycles. The third-order valence-corrected chi connectivity index (χ3v) is 4.13. The van der Waals surface area contributed by atoms with Gasteiger partial charge in [0.1, 0.15) is 0 Å². The van der Waals surface area contributed by atoms with E-state index in [9.17, 15) is 4.79 Å². The van der Waals surface area contributed by atoms with Crippen LogP contribution in [-0.4, -0.2) is 23.5 Å². The van der Waals surface area contributed by atoms with E-state index < -0.39 is 0 Å². The zero-order valence-electron chi connectivity index (χ0n) is 10.1. The molecule has 2 atom stereocenters. The number of thiazole rings is 1. The molecule has 4 nitrogen and oxygen atoms in total. The van der Waals surface area contributed by atoms with Crippen molar-refractivity contribution in [3.63, 3.8) is 0 Å². The van der Waals surface area contributed by atoms with Crippen LogP contribution in [0, 0.1) is 5.92 Å². The van der Waals surface area contributed by atoms with Crippen molar-refractivity contribution in [2.24, 2.45) is 11.7 Å². The van der Waals surface area contributed by atoms with Crippen molar-refractivity contribution in [3.8, 4) is 0 Å². The topological polar surface area (TPSA) is 68.0 Å². The number of hydrogen-bond acceptors (Lipinski definition) is 4. The van der Waals surface area contributed by atoms with Gasteiger partial charge in [-0.2, -0.15) is 0 Å². The van der Waals surface area contributed by atoms with Crippen molar-refractivity contribution >= 4 is 17.2 Å². The molecule has 1 aliphatic rings. The minimum absolute atomic E-state index is 0.0465. The van der Waals surface area contributed by atoms with Gasteiger partial charge in [-0.05, 0) is 18.8 Å². The van der Waals surface area contributed by atoms with Gasteiger partial charge < -0.3 is 11.1 Å². The highest BCUT2D eigenvalue weighted by Crippen LogP contribution is 2.32. The van der Waals surface area contributed by atoms with Crippen LogP contribution in [0.4, 0.5) is 0 Å². The standard InChI is InChI=1S/C12H19N3OS/c1-8(12-14-4-5-17-12)7-15-11(16)6-10(13)9-2-3-9/h4-5,8-10H,2-3,6-7,13H2,1H3,(H,15,16). The van der Waals surface area contributed by atoms with E-state index in [1.54, 1.807) is 17.5 Å². The summed E-state index contributed by atoms with van der Waals surface area (Å²) in [6.07, 6.45) is 4.62. The summed E-state index contributed by atoms with van der Waals surface area (Å²) >= 11 is 1.62. The average Bonchev–Trinajstić information content (AvgIpc) is 3.02. The van der Waals surface area contributed by atoms with E-state index >= 15 is 0 Å². The Bertz CT molecular complexity index is 362. The maximum atomic E-state index is 11.7. The van der Waals surface area contributed by atoms with Crippen LogP contribution in [0.2, 0.25) is 0 Å². The van der Waals surface area contributed by atoms with Crippen LogP contribution in [0.5, 0.6) is 0 Å². The lowest BCUT2D eigenvalue weighted by molar-refractivity contribution is -0.121. The SMILES string of the molecule is CC(CNC(=O)CC(N)C1CC1)c1nccs1. The lowest BCUT2D eigenvalue weighted by Gasteiger charge is -2.13. The molecule has 0 bridgehead atoms. The molecule has 1 aromatic rings. The fraction of sp³-hybridized carbons (Fsp3) is 0.667. The number of aromatic nitrogens is 1. The first-order valence-corrected chi connectivity index (χ1v) is 6.96. The second-order valence-electron chi connectivity index (χ2n) is 4.78. The normalized spacial score (nSPS) is 18.7. The molecule has 17 heavy (non-hydrogen) atoms. The zero-order chi connectivity index (χ0) is 12.3. The third kappa shape index (κ3) is 3.78. The van der Waals surface area contributed by atoms with Crippen LogP contribution in [0.25, 0.3) is 0 Å². The summed E-state index contributed by atoms with van der Waals surface area (Å²) in [5, 5.41) is 5.95. The Hall–Kier alpha value is -0.940. The smallest absolute Gasteiger partial charge is 0.221 e. The number of rotatable bonds is 6. The van der Waals surface area contributed by atoms with E-state index in [0.717, 1.165) is 5.01 Å². The number of nitrogens with two attached hydrogens (primary N) is 1. The van der Waals surface area contributed by atoms with Gasteiger partial charge in [-0.1, -0.05) is 6.92 Å².